The molecule has 1 fully saturated rings. The first-order chi connectivity index (χ1) is 9.13. The van der Waals surface area contributed by atoms with Crippen LogP contribution in [-0.2, 0) is 6.54 Å². The maximum absolute atomic E-state index is 12.1. The van der Waals surface area contributed by atoms with Crippen LogP contribution in [0.2, 0.25) is 5.15 Å². The lowest BCUT2D eigenvalue weighted by Gasteiger charge is -2.11. The highest BCUT2D eigenvalue weighted by atomic mass is 35.5. The Morgan fingerprint density at radius 2 is 2.00 bits per heavy atom. The standard InChI is InChI=1S/C15H15ClN2O/c1-10-2-4-11(5-3-10)9-18-14(19)8-13(16)17-15(18)12-6-7-12/h2-5,8,12H,6-7,9H2,1H3. The van der Waals surface area contributed by atoms with E-state index >= 15 is 0 Å². The monoisotopic (exact) mass is 274 g/mol. The van der Waals surface area contributed by atoms with Crippen molar-refractivity contribution in [3.8, 4) is 0 Å². The van der Waals surface area contributed by atoms with Crippen LogP contribution in [0.1, 0.15) is 35.7 Å². The molecule has 0 N–H and O–H groups in total. The Labute approximate surface area is 116 Å². The van der Waals surface area contributed by atoms with Crippen molar-refractivity contribution in [2.75, 3.05) is 0 Å². The van der Waals surface area contributed by atoms with Crippen molar-refractivity contribution in [2.24, 2.45) is 0 Å². The van der Waals surface area contributed by atoms with Crippen LogP contribution in [-0.4, -0.2) is 9.55 Å². The number of aryl methyl sites for hydroxylation is 1. The summed E-state index contributed by atoms with van der Waals surface area (Å²) >= 11 is 5.89. The molecule has 1 aliphatic carbocycles. The van der Waals surface area contributed by atoms with E-state index in [0.29, 0.717) is 17.6 Å². The Morgan fingerprint density at radius 1 is 1.32 bits per heavy atom. The molecule has 0 bridgehead atoms. The Morgan fingerprint density at radius 3 is 2.63 bits per heavy atom. The lowest BCUT2D eigenvalue weighted by Crippen LogP contribution is -2.24. The summed E-state index contributed by atoms with van der Waals surface area (Å²) in [5.74, 6) is 1.23. The summed E-state index contributed by atoms with van der Waals surface area (Å²) in [4.78, 5) is 16.4. The Kier molecular flexibility index (Phi) is 3.15. The van der Waals surface area contributed by atoms with Gasteiger partial charge in [-0.1, -0.05) is 41.4 Å². The lowest BCUT2D eigenvalue weighted by atomic mass is 10.1. The first kappa shape index (κ1) is 12.4. The molecule has 0 spiro atoms. The summed E-state index contributed by atoms with van der Waals surface area (Å²) < 4.78 is 1.74. The van der Waals surface area contributed by atoms with Gasteiger partial charge in [0.15, 0.2) is 0 Å². The molecule has 2 aromatic rings. The number of hydrogen-bond acceptors (Lipinski definition) is 2. The van der Waals surface area contributed by atoms with Crippen LogP contribution in [0.3, 0.4) is 0 Å². The van der Waals surface area contributed by atoms with E-state index < -0.39 is 0 Å². The summed E-state index contributed by atoms with van der Waals surface area (Å²) in [7, 11) is 0. The quantitative estimate of drug-likeness (QED) is 0.806. The van der Waals surface area contributed by atoms with Gasteiger partial charge in [-0.25, -0.2) is 4.98 Å². The number of aromatic nitrogens is 2. The molecule has 3 rings (SSSR count). The smallest absolute Gasteiger partial charge is 0.255 e. The fourth-order valence-electron chi connectivity index (χ4n) is 2.18. The van der Waals surface area contributed by atoms with E-state index in [9.17, 15) is 4.79 Å². The van der Waals surface area contributed by atoms with Gasteiger partial charge in [0, 0.05) is 12.0 Å². The maximum Gasteiger partial charge on any atom is 0.255 e. The summed E-state index contributed by atoms with van der Waals surface area (Å²) in [6.45, 7) is 2.62. The van der Waals surface area contributed by atoms with Crippen molar-refractivity contribution in [3.63, 3.8) is 0 Å². The van der Waals surface area contributed by atoms with Crippen molar-refractivity contribution in [1.82, 2.24) is 9.55 Å². The van der Waals surface area contributed by atoms with Crippen molar-refractivity contribution in [3.05, 3.63) is 62.8 Å². The maximum atomic E-state index is 12.1. The third-order valence-corrected chi connectivity index (χ3v) is 3.60. The highest BCUT2D eigenvalue weighted by Gasteiger charge is 2.28. The van der Waals surface area contributed by atoms with E-state index in [0.717, 1.165) is 24.2 Å². The van der Waals surface area contributed by atoms with Crippen LogP contribution < -0.4 is 5.56 Å². The molecule has 0 atom stereocenters. The third-order valence-electron chi connectivity index (χ3n) is 3.41. The van der Waals surface area contributed by atoms with Gasteiger partial charge in [-0.3, -0.25) is 9.36 Å². The number of rotatable bonds is 3. The van der Waals surface area contributed by atoms with E-state index in [2.05, 4.69) is 24.0 Å². The highest BCUT2D eigenvalue weighted by molar-refractivity contribution is 6.29. The SMILES string of the molecule is Cc1ccc(Cn2c(C3CC3)nc(Cl)cc2=O)cc1. The molecule has 4 heteroatoms. The lowest BCUT2D eigenvalue weighted by molar-refractivity contribution is 0.669. The van der Waals surface area contributed by atoms with E-state index in [1.165, 1.54) is 11.6 Å². The zero-order valence-corrected chi connectivity index (χ0v) is 11.5. The first-order valence-corrected chi connectivity index (χ1v) is 6.84. The highest BCUT2D eigenvalue weighted by Crippen LogP contribution is 2.38. The minimum atomic E-state index is -0.0672. The number of nitrogens with zero attached hydrogens (tertiary/aromatic N) is 2. The Hall–Kier alpha value is -1.61. The van der Waals surface area contributed by atoms with Gasteiger partial charge in [0.1, 0.15) is 11.0 Å². The van der Waals surface area contributed by atoms with Crippen molar-refractivity contribution in [2.45, 2.75) is 32.2 Å². The van der Waals surface area contributed by atoms with E-state index in [4.69, 9.17) is 11.6 Å². The molecule has 0 aliphatic heterocycles. The molecule has 1 saturated carbocycles. The molecular formula is C15H15ClN2O. The van der Waals surface area contributed by atoms with Gasteiger partial charge >= 0.3 is 0 Å². The molecule has 0 radical (unpaired) electrons. The van der Waals surface area contributed by atoms with Gasteiger partial charge in [-0.05, 0) is 25.3 Å². The van der Waals surface area contributed by atoms with Gasteiger partial charge < -0.3 is 0 Å². The van der Waals surface area contributed by atoms with Gasteiger partial charge in [-0.15, -0.1) is 0 Å². The van der Waals surface area contributed by atoms with Crippen LogP contribution in [0.25, 0.3) is 0 Å². The Balaban J connectivity index is 1.99. The van der Waals surface area contributed by atoms with Crippen molar-refractivity contribution >= 4 is 11.6 Å². The molecule has 1 heterocycles. The van der Waals surface area contributed by atoms with Crippen molar-refractivity contribution < 1.29 is 0 Å². The minimum absolute atomic E-state index is 0.0672. The molecule has 3 nitrogen and oxygen atoms in total. The molecular weight excluding hydrogens is 260 g/mol. The van der Waals surface area contributed by atoms with Gasteiger partial charge in [-0.2, -0.15) is 0 Å². The molecule has 0 unspecified atom stereocenters. The number of hydrogen-bond donors (Lipinski definition) is 0. The predicted octanol–water partition coefficient (Wildman–Crippen LogP) is 3.13. The average Bonchev–Trinajstić information content (AvgIpc) is 3.19. The third kappa shape index (κ3) is 2.71. The molecule has 1 aromatic carbocycles. The second-order valence-corrected chi connectivity index (χ2v) is 5.51. The topological polar surface area (TPSA) is 34.9 Å². The fraction of sp³-hybridized carbons (Fsp3) is 0.333. The largest absolute Gasteiger partial charge is 0.292 e. The van der Waals surface area contributed by atoms with Crippen LogP contribution in [0.4, 0.5) is 0 Å². The zero-order chi connectivity index (χ0) is 13.4. The Bertz CT molecular complexity index is 657. The normalized spacial score (nSPS) is 14.6. The number of halogens is 1. The molecule has 98 valence electrons. The van der Waals surface area contributed by atoms with Crippen LogP contribution in [0.15, 0.2) is 35.1 Å². The second kappa shape index (κ2) is 4.82. The van der Waals surface area contributed by atoms with Crippen molar-refractivity contribution in [1.29, 1.82) is 0 Å². The first-order valence-electron chi connectivity index (χ1n) is 6.46. The van der Waals surface area contributed by atoms with Crippen LogP contribution >= 0.6 is 11.6 Å². The zero-order valence-electron chi connectivity index (χ0n) is 10.8. The molecule has 19 heavy (non-hydrogen) atoms. The fourth-order valence-corrected chi connectivity index (χ4v) is 2.36. The van der Waals surface area contributed by atoms with E-state index in [1.807, 2.05) is 12.1 Å². The summed E-state index contributed by atoms with van der Waals surface area (Å²) in [6.07, 6.45) is 2.20. The van der Waals surface area contributed by atoms with Gasteiger partial charge in [0.05, 0.1) is 6.54 Å². The molecule has 1 aromatic heterocycles. The van der Waals surface area contributed by atoms with Gasteiger partial charge in [0.2, 0.25) is 0 Å². The summed E-state index contributed by atoms with van der Waals surface area (Å²) in [6, 6.07) is 9.60. The minimum Gasteiger partial charge on any atom is -0.292 e. The molecule has 1 aliphatic rings. The van der Waals surface area contributed by atoms with E-state index in [1.54, 1.807) is 4.57 Å². The predicted molar refractivity (Wildman–Crippen MR) is 75.8 cm³/mol. The summed E-state index contributed by atoms with van der Waals surface area (Å²) in [5.41, 5.74) is 2.26. The van der Waals surface area contributed by atoms with Gasteiger partial charge in [0.25, 0.3) is 5.56 Å². The van der Waals surface area contributed by atoms with E-state index in [-0.39, 0.29) is 5.56 Å². The molecule has 0 saturated heterocycles. The molecule has 0 amide bonds. The van der Waals surface area contributed by atoms with Crippen LogP contribution in [0.5, 0.6) is 0 Å². The average molecular weight is 275 g/mol. The second-order valence-electron chi connectivity index (χ2n) is 5.12. The van der Waals surface area contributed by atoms with Crippen LogP contribution in [0, 0.1) is 6.92 Å². The summed E-state index contributed by atoms with van der Waals surface area (Å²) in [5, 5.41) is 0.298. The number of benzene rings is 1.